The van der Waals surface area contributed by atoms with Crippen molar-refractivity contribution in [3.8, 4) is 0 Å². The van der Waals surface area contributed by atoms with Gasteiger partial charge in [-0.2, -0.15) is 0 Å². The van der Waals surface area contributed by atoms with E-state index in [9.17, 15) is 18.0 Å². The number of aromatic nitrogens is 1. The van der Waals surface area contributed by atoms with E-state index in [1.807, 2.05) is 37.3 Å². The Morgan fingerprint density at radius 3 is 2.27 bits per heavy atom. The van der Waals surface area contributed by atoms with Crippen molar-refractivity contribution in [1.82, 2.24) is 9.88 Å². The van der Waals surface area contributed by atoms with Crippen LogP contribution in [0.1, 0.15) is 16.8 Å². The number of amides is 1. The van der Waals surface area contributed by atoms with Crippen molar-refractivity contribution >= 4 is 21.6 Å². The lowest BCUT2D eigenvalue weighted by Gasteiger charge is -2.14. The zero-order valence-corrected chi connectivity index (χ0v) is 17.6. The number of anilines is 1. The monoisotopic (exact) mass is 425 g/mol. The van der Waals surface area contributed by atoms with E-state index in [1.54, 1.807) is 25.1 Å². The van der Waals surface area contributed by atoms with Gasteiger partial charge in [-0.25, -0.2) is 8.42 Å². The largest absolute Gasteiger partial charge is 0.350 e. The number of sulfonamides is 1. The predicted molar refractivity (Wildman–Crippen MR) is 116 cm³/mol. The number of aryl methyl sites for hydroxylation is 2. The summed E-state index contributed by atoms with van der Waals surface area (Å²) in [5.74, 6) is -0.345. The summed E-state index contributed by atoms with van der Waals surface area (Å²) in [5.41, 5.74) is 1.72. The minimum atomic E-state index is -3.92. The molecule has 2 aromatic carbocycles. The predicted octanol–water partition coefficient (Wildman–Crippen LogP) is 2.58. The topological polar surface area (TPSA) is 97.3 Å². The summed E-state index contributed by atoms with van der Waals surface area (Å²) in [6.45, 7) is 3.67. The highest BCUT2D eigenvalue weighted by molar-refractivity contribution is 7.92. The van der Waals surface area contributed by atoms with Crippen molar-refractivity contribution in [3.05, 3.63) is 93.9 Å². The summed E-state index contributed by atoms with van der Waals surface area (Å²) in [4.78, 5) is 25.2. The maximum atomic E-state index is 12.8. The molecule has 0 radical (unpaired) electrons. The molecule has 1 amide bonds. The molecule has 1 aromatic heterocycles. The molecule has 0 spiro atoms. The Morgan fingerprint density at radius 1 is 0.933 bits per heavy atom. The Kier molecular flexibility index (Phi) is 6.37. The molecule has 0 aliphatic heterocycles. The lowest BCUT2D eigenvalue weighted by Crippen LogP contribution is -2.34. The smallest absolute Gasteiger partial charge is 0.275 e. The van der Waals surface area contributed by atoms with Crippen molar-refractivity contribution < 1.29 is 13.2 Å². The number of nitrogens with one attached hydrogen (secondary N) is 2. The van der Waals surface area contributed by atoms with Gasteiger partial charge in [-0.05, 0) is 43.7 Å². The fourth-order valence-electron chi connectivity index (χ4n) is 2.86. The van der Waals surface area contributed by atoms with Crippen molar-refractivity contribution in [2.24, 2.45) is 0 Å². The third-order valence-corrected chi connectivity index (χ3v) is 5.98. The van der Waals surface area contributed by atoms with E-state index in [0.717, 1.165) is 11.1 Å². The Balaban J connectivity index is 1.77. The van der Waals surface area contributed by atoms with Gasteiger partial charge in [0.25, 0.3) is 15.6 Å². The average Bonchev–Trinajstić information content (AvgIpc) is 2.73. The van der Waals surface area contributed by atoms with Crippen molar-refractivity contribution in [1.29, 1.82) is 0 Å². The van der Waals surface area contributed by atoms with E-state index >= 15 is 0 Å². The van der Waals surface area contributed by atoms with E-state index in [4.69, 9.17) is 0 Å². The van der Waals surface area contributed by atoms with Crippen LogP contribution in [-0.4, -0.2) is 18.9 Å². The highest BCUT2D eigenvalue weighted by Crippen LogP contribution is 2.14. The van der Waals surface area contributed by atoms with Crippen LogP contribution in [0.3, 0.4) is 0 Å². The van der Waals surface area contributed by atoms with Gasteiger partial charge in [-0.3, -0.25) is 14.3 Å². The number of hydrogen-bond acceptors (Lipinski definition) is 4. The lowest BCUT2D eigenvalue weighted by molar-refractivity contribution is -0.121. The fraction of sp³-hybridized carbons (Fsp3) is 0.182. The summed E-state index contributed by atoms with van der Waals surface area (Å²) in [5, 5.41) is 2.76. The van der Waals surface area contributed by atoms with Crippen LogP contribution in [0, 0.1) is 13.8 Å². The van der Waals surface area contributed by atoms with E-state index < -0.39 is 15.6 Å². The van der Waals surface area contributed by atoms with Crippen LogP contribution in [0.5, 0.6) is 0 Å². The van der Waals surface area contributed by atoms with Crippen LogP contribution < -0.4 is 15.6 Å². The molecule has 30 heavy (non-hydrogen) atoms. The maximum absolute atomic E-state index is 12.8. The average molecular weight is 426 g/mol. The van der Waals surface area contributed by atoms with E-state index in [2.05, 4.69) is 10.0 Å². The number of carbonyl (C=O) groups excluding carboxylic acids is 1. The molecule has 3 aromatic rings. The van der Waals surface area contributed by atoms with Gasteiger partial charge in [-0.15, -0.1) is 0 Å². The summed E-state index contributed by atoms with van der Waals surface area (Å²) < 4.78 is 28.8. The Labute approximate surface area is 175 Å². The van der Waals surface area contributed by atoms with Gasteiger partial charge in [0.2, 0.25) is 5.91 Å². The Bertz CT molecular complexity index is 1200. The lowest BCUT2D eigenvalue weighted by atomic mass is 10.2. The van der Waals surface area contributed by atoms with Gasteiger partial charge in [0.1, 0.15) is 12.2 Å². The molecule has 1 heterocycles. The van der Waals surface area contributed by atoms with Gasteiger partial charge < -0.3 is 9.88 Å². The number of hydrogen-bond donors (Lipinski definition) is 2. The summed E-state index contributed by atoms with van der Waals surface area (Å²) in [6, 6.07) is 18.7. The molecule has 7 nitrogen and oxygen atoms in total. The molecule has 3 rings (SSSR count). The molecule has 8 heteroatoms. The minimum Gasteiger partial charge on any atom is -0.350 e. The van der Waals surface area contributed by atoms with Crippen LogP contribution in [0.4, 0.5) is 5.69 Å². The van der Waals surface area contributed by atoms with Gasteiger partial charge in [0.15, 0.2) is 0 Å². The number of rotatable bonds is 7. The summed E-state index contributed by atoms with van der Waals surface area (Å²) in [7, 11) is -3.92. The van der Waals surface area contributed by atoms with E-state index in [0.29, 0.717) is 12.2 Å². The maximum Gasteiger partial charge on any atom is 0.275 e. The van der Waals surface area contributed by atoms with Crippen molar-refractivity contribution in [3.63, 3.8) is 0 Å². The molecule has 156 valence electrons. The SMILES string of the molecule is Cc1ccc(S(=O)(=O)Nc2ccc(C)n(CC(=O)NCc3ccccc3)c2=O)cc1. The van der Waals surface area contributed by atoms with Crippen LogP contribution in [0.2, 0.25) is 0 Å². The molecule has 0 saturated carbocycles. The molecule has 2 N–H and O–H groups in total. The molecule has 0 fully saturated rings. The highest BCUT2D eigenvalue weighted by atomic mass is 32.2. The summed E-state index contributed by atoms with van der Waals surface area (Å²) >= 11 is 0. The van der Waals surface area contributed by atoms with E-state index in [1.165, 1.54) is 22.8 Å². The Hall–Kier alpha value is -3.39. The third kappa shape index (κ3) is 5.15. The standard InChI is InChI=1S/C22H23N3O4S/c1-16-8-11-19(12-9-16)30(28,29)24-20-13-10-17(2)25(22(20)27)15-21(26)23-14-18-6-4-3-5-7-18/h3-13,24H,14-15H2,1-2H3,(H,23,26). The zero-order chi connectivity index (χ0) is 21.7. The van der Waals surface area contributed by atoms with Crippen molar-refractivity contribution in [2.75, 3.05) is 4.72 Å². The zero-order valence-electron chi connectivity index (χ0n) is 16.8. The van der Waals surface area contributed by atoms with Crippen LogP contribution in [0.25, 0.3) is 0 Å². The Morgan fingerprint density at radius 2 is 1.60 bits per heavy atom. The third-order valence-electron chi connectivity index (χ3n) is 4.60. The first-order valence-corrected chi connectivity index (χ1v) is 10.8. The number of nitrogens with zero attached hydrogens (tertiary/aromatic N) is 1. The van der Waals surface area contributed by atoms with Crippen LogP contribution in [-0.2, 0) is 27.9 Å². The minimum absolute atomic E-state index is 0.0558. The second-order valence-corrected chi connectivity index (χ2v) is 8.64. The molecule has 0 saturated heterocycles. The molecule has 0 unspecified atom stereocenters. The number of pyridine rings is 1. The first kappa shape index (κ1) is 21.3. The van der Waals surface area contributed by atoms with Gasteiger partial charge in [-0.1, -0.05) is 48.0 Å². The first-order chi connectivity index (χ1) is 14.3. The second kappa shape index (κ2) is 8.96. The molecular weight excluding hydrogens is 402 g/mol. The molecule has 0 atom stereocenters. The fourth-order valence-corrected chi connectivity index (χ4v) is 3.92. The van der Waals surface area contributed by atoms with Crippen molar-refractivity contribution in [2.45, 2.75) is 31.8 Å². The number of carbonyl (C=O) groups is 1. The summed E-state index contributed by atoms with van der Waals surface area (Å²) in [6.07, 6.45) is 0. The normalized spacial score (nSPS) is 11.1. The number of benzene rings is 2. The van der Waals surface area contributed by atoms with E-state index in [-0.39, 0.29) is 23.0 Å². The molecular formula is C22H23N3O4S. The van der Waals surface area contributed by atoms with Gasteiger partial charge in [0.05, 0.1) is 4.90 Å². The van der Waals surface area contributed by atoms with Crippen LogP contribution >= 0.6 is 0 Å². The van der Waals surface area contributed by atoms with Gasteiger partial charge in [0, 0.05) is 12.2 Å². The first-order valence-electron chi connectivity index (χ1n) is 9.37. The molecule has 0 aliphatic carbocycles. The molecule has 0 aliphatic rings. The second-order valence-electron chi connectivity index (χ2n) is 6.96. The molecule has 0 bridgehead atoms. The highest BCUT2D eigenvalue weighted by Gasteiger charge is 2.18. The van der Waals surface area contributed by atoms with Crippen LogP contribution in [0.15, 0.2) is 76.4 Å². The quantitative estimate of drug-likeness (QED) is 0.608. The van der Waals surface area contributed by atoms with Gasteiger partial charge >= 0.3 is 0 Å².